The van der Waals surface area contributed by atoms with Crippen molar-refractivity contribution in [2.45, 2.75) is 6.92 Å². The zero-order valence-corrected chi connectivity index (χ0v) is 13.1. The van der Waals surface area contributed by atoms with E-state index < -0.39 is 0 Å². The van der Waals surface area contributed by atoms with Gasteiger partial charge in [-0.05, 0) is 25.1 Å². The Hall–Kier alpha value is -2.76. The Labute approximate surface area is 134 Å². The third-order valence-corrected chi connectivity index (χ3v) is 4.29. The zero-order valence-electron chi connectivity index (χ0n) is 13.1. The predicted octanol–water partition coefficient (Wildman–Crippen LogP) is 2.05. The van der Waals surface area contributed by atoms with Crippen LogP contribution >= 0.6 is 0 Å². The van der Waals surface area contributed by atoms with Gasteiger partial charge in [0.05, 0.1) is 11.2 Å². The molecule has 0 amide bonds. The Morgan fingerprint density at radius 3 is 2.52 bits per heavy atom. The number of benzene rings is 1. The molecule has 0 bridgehead atoms. The fraction of sp³-hybridized carbons (Fsp3) is 0.294. The molecule has 0 aliphatic carbocycles. The molecule has 0 atom stereocenters. The van der Waals surface area contributed by atoms with Crippen molar-refractivity contribution in [2.24, 2.45) is 0 Å². The number of fused-ring (bicyclic) bond motifs is 1. The van der Waals surface area contributed by atoms with Crippen molar-refractivity contribution in [1.29, 1.82) is 0 Å². The second-order valence-electron chi connectivity index (χ2n) is 5.71. The highest BCUT2D eigenvalue weighted by molar-refractivity contribution is 5.81. The summed E-state index contributed by atoms with van der Waals surface area (Å²) in [7, 11) is 0. The SMILES string of the molecule is Cc1nccnc1N1CCN(c2ccc3ncncc3c2)CC1. The lowest BCUT2D eigenvalue weighted by atomic mass is 10.2. The molecule has 0 radical (unpaired) electrons. The largest absolute Gasteiger partial charge is 0.368 e. The van der Waals surface area contributed by atoms with Crippen molar-refractivity contribution in [3.05, 3.63) is 48.8 Å². The monoisotopic (exact) mass is 306 g/mol. The summed E-state index contributed by atoms with van der Waals surface area (Å²) in [4.78, 5) is 21.9. The van der Waals surface area contributed by atoms with Crippen LogP contribution in [0.4, 0.5) is 11.5 Å². The van der Waals surface area contributed by atoms with Gasteiger partial charge in [0, 0.05) is 55.8 Å². The molecule has 1 fully saturated rings. The topological polar surface area (TPSA) is 58.0 Å². The van der Waals surface area contributed by atoms with Crippen LogP contribution in [0.1, 0.15) is 5.69 Å². The number of anilines is 2. The van der Waals surface area contributed by atoms with E-state index in [9.17, 15) is 0 Å². The highest BCUT2D eigenvalue weighted by Crippen LogP contribution is 2.23. The molecule has 0 saturated carbocycles. The zero-order chi connectivity index (χ0) is 15.6. The molecule has 1 aliphatic heterocycles. The molecule has 6 nitrogen and oxygen atoms in total. The highest BCUT2D eigenvalue weighted by Gasteiger charge is 2.20. The van der Waals surface area contributed by atoms with Crippen molar-refractivity contribution in [3.8, 4) is 0 Å². The molecule has 2 aromatic heterocycles. The molecule has 4 rings (SSSR count). The first kappa shape index (κ1) is 13.9. The Kier molecular flexibility index (Phi) is 3.49. The third-order valence-electron chi connectivity index (χ3n) is 4.29. The fourth-order valence-corrected chi connectivity index (χ4v) is 3.06. The van der Waals surface area contributed by atoms with E-state index in [2.05, 4.69) is 47.9 Å². The molecule has 1 aromatic carbocycles. The van der Waals surface area contributed by atoms with E-state index >= 15 is 0 Å². The maximum Gasteiger partial charge on any atom is 0.150 e. The third kappa shape index (κ3) is 2.67. The maximum atomic E-state index is 4.47. The van der Waals surface area contributed by atoms with Crippen LogP contribution in [-0.4, -0.2) is 46.1 Å². The fourth-order valence-electron chi connectivity index (χ4n) is 3.06. The molecule has 1 aliphatic rings. The van der Waals surface area contributed by atoms with Gasteiger partial charge in [-0.15, -0.1) is 0 Å². The van der Waals surface area contributed by atoms with Crippen LogP contribution in [-0.2, 0) is 0 Å². The quantitative estimate of drug-likeness (QED) is 0.722. The van der Waals surface area contributed by atoms with Crippen molar-refractivity contribution in [1.82, 2.24) is 19.9 Å². The first-order valence-electron chi connectivity index (χ1n) is 7.78. The van der Waals surface area contributed by atoms with Gasteiger partial charge in [0.25, 0.3) is 0 Å². The minimum absolute atomic E-state index is 0.947. The summed E-state index contributed by atoms with van der Waals surface area (Å²) in [5, 5.41) is 1.08. The molecule has 116 valence electrons. The maximum absolute atomic E-state index is 4.47. The van der Waals surface area contributed by atoms with Gasteiger partial charge in [-0.25, -0.2) is 15.0 Å². The lowest BCUT2D eigenvalue weighted by Gasteiger charge is -2.37. The number of piperazine rings is 1. The molecular formula is C17H18N6. The number of aromatic nitrogens is 4. The van der Waals surface area contributed by atoms with Crippen molar-refractivity contribution in [2.75, 3.05) is 36.0 Å². The smallest absolute Gasteiger partial charge is 0.150 e. The van der Waals surface area contributed by atoms with Gasteiger partial charge in [0.2, 0.25) is 0 Å². The molecule has 0 unspecified atom stereocenters. The number of aryl methyl sites for hydroxylation is 1. The van der Waals surface area contributed by atoms with Gasteiger partial charge < -0.3 is 9.80 Å². The van der Waals surface area contributed by atoms with Gasteiger partial charge in [-0.1, -0.05) is 0 Å². The summed E-state index contributed by atoms with van der Waals surface area (Å²) < 4.78 is 0. The summed E-state index contributed by atoms with van der Waals surface area (Å²) in [6.07, 6.45) is 6.96. The Morgan fingerprint density at radius 1 is 0.913 bits per heavy atom. The van der Waals surface area contributed by atoms with Crippen LogP contribution in [0.25, 0.3) is 10.9 Å². The van der Waals surface area contributed by atoms with Crippen LogP contribution in [0.5, 0.6) is 0 Å². The molecule has 6 heteroatoms. The molecule has 3 aromatic rings. The number of hydrogen-bond donors (Lipinski definition) is 0. The summed E-state index contributed by atoms with van der Waals surface area (Å²) >= 11 is 0. The van der Waals surface area contributed by atoms with E-state index in [1.807, 2.05) is 13.1 Å². The van der Waals surface area contributed by atoms with Gasteiger partial charge in [0.15, 0.2) is 0 Å². The first-order valence-corrected chi connectivity index (χ1v) is 7.78. The standard InChI is InChI=1S/C17H18N6/c1-13-17(20-5-4-19-13)23-8-6-22(7-9-23)15-2-3-16-14(10-15)11-18-12-21-16/h2-5,10-12H,6-9H2,1H3. The average Bonchev–Trinajstić information content (AvgIpc) is 2.62. The van der Waals surface area contributed by atoms with Crippen molar-refractivity contribution >= 4 is 22.4 Å². The highest BCUT2D eigenvalue weighted by atomic mass is 15.3. The molecule has 23 heavy (non-hydrogen) atoms. The van der Waals surface area contributed by atoms with Crippen LogP contribution in [0.3, 0.4) is 0 Å². The van der Waals surface area contributed by atoms with Crippen molar-refractivity contribution in [3.63, 3.8) is 0 Å². The lowest BCUT2D eigenvalue weighted by molar-refractivity contribution is 0.644. The van der Waals surface area contributed by atoms with Crippen LogP contribution in [0, 0.1) is 6.92 Å². The molecular weight excluding hydrogens is 288 g/mol. The van der Waals surface area contributed by atoms with E-state index in [4.69, 9.17) is 0 Å². The minimum atomic E-state index is 0.947. The Bertz CT molecular complexity index is 826. The normalized spacial score (nSPS) is 15.2. The van der Waals surface area contributed by atoms with Gasteiger partial charge >= 0.3 is 0 Å². The molecule has 0 N–H and O–H groups in total. The second-order valence-corrected chi connectivity index (χ2v) is 5.71. The lowest BCUT2D eigenvalue weighted by Crippen LogP contribution is -2.47. The predicted molar refractivity (Wildman–Crippen MR) is 90.7 cm³/mol. The molecule has 0 spiro atoms. The van der Waals surface area contributed by atoms with E-state index in [0.29, 0.717) is 0 Å². The molecule has 1 saturated heterocycles. The van der Waals surface area contributed by atoms with E-state index in [1.54, 1.807) is 18.7 Å². The van der Waals surface area contributed by atoms with E-state index in [1.165, 1.54) is 5.69 Å². The van der Waals surface area contributed by atoms with Crippen molar-refractivity contribution < 1.29 is 0 Å². The minimum Gasteiger partial charge on any atom is -0.368 e. The van der Waals surface area contributed by atoms with E-state index in [0.717, 1.165) is 48.6 Å². The Morgan fingerprint density at radius 2 is 1.70 bits per heavy atom. The first-order chi connectivity index (χ1) is 11.3. The van der Waals surface area contributed by atoms with E-state index in [-0.39, 0.29) is 0 Å². The summed E-state index contributed by atoms with van der Waals surface area (Å²) in [5.41, 5.74) is 3.20. The van der Waals surface area contributed by atoms with Gasteiger partial charge in [0.1, 0.15) is 12.1 Å². The Balaban J connectivity index is 1.51. The van der Waals surface area contributed by atoms with Crippen LogP contribution in [0.2, 0.25) is 0 Å². The summed E-state index contributed by atoms with van der Waals surface area (Å²) in [6.45, 7) is 5.84. The summed E-state index contributed by atoms with van der Waals surface area (Å²) in [5.74, 6) is 0.999. The van der Waals surface area contributed by atoms with Gasteiger partial charge in [-0.2, -0.15) is 0 Å². The molecule has 3 heterocycles. The average molecular weight is 306 g/mol. The van der Waals surface area contributed by atoms with Gasteiger partial charge in [-0.3, -0.25) is 4.98 Å². The number of hydrogen-bond acceptors (Lipinski definition) is 6. The number of nitrogens with zero attached hydrogens (tertiary/aromatic N) is 6. The van der Waals surface area contributed by atoms with Crippen LogP contribution < -0.4 is 9.80 Å². The van der Waals surface area contributed by atoms with Crippen LogP contribution in [0.15, 0.2) is 43.1 Å². The second kappa shape index (κ2) is 5.79. The number of rotatable bonds is 2. The summed E-state index contributed by atoms with van der Waals surface area (Å²) in [6, 6.07) is 6.36.